The monoisotopic (exact) mass is 524 g/mol. The summed E-state index contributed by atoms with van der Waals surface area (Å²) in [5, 5.41) is 9.37. The Balaban J connectivity index is 1.50. The van der Waals surface area contributed by atoms with Gasteiger partial charge in [-0.1, -0.05) is 45.2 Å². The van der Waals surface area contributed by atoms with Crippen molar-refractivity contribution in [2.75, 3.05) is 24.2 Å². The van der Waals surface area contributed by atoms with Gasteiger partial charge >= 0.3 is 0 Å². The number of nitrogens with one attached hydrogen (secondary N) is 3. The Kier molecular flexibility index (Phi) is 9.24. The molecule has 0 radical (unpaired) electrons. The maximum Gasteiger partial charge on any atom is 0.257 e. The molecule has 0 spiro atoms. The third-order valence-electron chi connectivity index (χ3n) is 7.25. The molecule has 7 nitrogen and oxygen atoms in total. The highest BCUT2D eigenvalue weighted by molar-refractivity contribution is 7.91. The lowest BCUT2D eigenvalue weighted by molar-refractivity contribution is 0.0975. The van der Waals surface area contributed by atoms with Crippen molar-refractivity contribution in [3.05, 3.63) is 53.6 Å². The van der Waals surface area contributed by atoms with Gasteiger partial charge in [-0.3, -0.25) is 15.1 Å². The van der Waals surface area contributed by atoms with Gasteiger partial charge in [0.1, 0.15) is 0 Å². The molecule has 2 aromatic carbocycles. The SMILES string of the molecule is CCCC(CC)CCCS(=O)(=O)c1ccccc1Nc1ccc(C(=O)NC2=NCCCN2)cc1C1CC1. The van der Waals surface area contributed by atoms with Crippen molar-refractivity contribution < 1.29 is 13.2 Å². The second kappa shape index (κ2) is 12.6. The molecule has 1 fully saturated rings. The predicted molar refractivity (Wildman–Crippen MR) is 151 cm³/mol. The van der Waals surface area contributed by atoms with E-state index < -0.39 is 9.84 Å². The first kappa shape index (κ1) is 27.2. The molecule has 1 unspecified atom stereocenters. The van der Waals surface area contributed by atoms with E-state index >= 15 is 0 Å². The molecular formula is C29H40N4O3S. The second-order valence-electron chi connectivity index (χ2n) is 10.2. The summed E-state index contributed by atoms with van der Waals surface area (Å²) >= 11 is 0. The number of nitrogens with zero attached hydrogens (tertiary/aromatic N) is 1. The van der Waals surface area contributed by atoms with Gasteiger partial charge in [-0.05, 0) is 79.8 Å². The largest absolute Gasteiger partial charge is 0.356 e. The minimum Gasteiger partial charge on any atom is -0.356 e. The average Bonchev–Trinajstić information content (AvgIpc) is 3.75. The third kappa shape index (κ3) is 7.34. The quantitative estimate of drug-likeness (QED) is 0.327. The van der Waals surface area contributed by atoms with Crippen molar-refractivity contribution in [3.8, 4) is 0 Å². The van der Waals surface area contributed by atoms with Gasteiger partial charge in [0.15, 0.2) is 15.8 Å². The molecule has 2 aromatic rings. The van der Waals surface area contributed by atoms with E-state index in [1.165, 1.54) is 0 Å². The molecule has 0 saturated heterocycles. The van der Waals surface area contributed by atoms with Crippen LogP contribution in [0.4, 0.5) is 11.4 Å². The highest BCUT2D eigenvalue weighted by atomic mass is 32.2. The summed E-state index contributed by atoms with van der Waals surface area (Å²) in [6.07, 6.45) is 8.07. The molecule has 1 aliphatic carbocycles. The number of carbonyl (C=O) groups excluding carboxylic acids is 1. The number of anilines is 2. The number of rotatable bonds is 12. The number of aliphatic imine (C=N–C) groups is 1. The fraction of sp³-hybridized carbons (Fsp3) is 0.517. The highest BCUT2D eigenvalue weighted by Crippen LogP contribution is 2.44. The minimum atomic E-state index is -3.43. The van der Waals surface area contributed by atoms with Gasteiger partial charge < -0.3 is 10.6 Å². The molecule has 0 aromatic heterocycles. The van der Waals surface area contributed by atoms with Crippen LogP contribution in [-0.4, -0.2) is 39.1 Å². The molecular weight excluding hydrogens is 484 g/mol. The molecule has 1 saturated carbocycles. The van der Waals surface area contributed by atoms with Gasteiger partial charge in [0.25, 0.3) is 5.91 Å². The summed E-state index contributed by atoms with van der Waals surface area (Å²) in [7, 11) is -3.43. The van der Waals surface area contributed by atoms with Crippen LogP contribution in [0.2, 0.25) is 0 Å². The van der Waals surface area contributed by atoms with Crippen molar-refractivity contribution >= 4 is 33.1 Å². The van der Waals surface area contributed by atoms with Crippen molar-refractivity contribution in [1.82, 2.24) is 10.6 Å². The van der Waals surface area contributed by atoms with Crippen LogP contribution in [-0.2, 0) is 9.84 Å². The molecule has 200 valence electrons. The molecule has 3 N–H and O–H groups in total. The van der Waals surface area contributed by atoms with Crippen LogP contribution in [0.3, 0.4) is 0 Å². The van der Waals surface area contributed by atoms with Crippen LogP contribution in [0.1, 0.15) is 87.1 Å². The molecule has 1 atom stereocenters. The van der Waals surface area contributed by atoms with E-state index in [0.717, 1.165) is 62.7 Å². The lowest BCUT2D eigenvalue weighted by atomic mass is 9.96. The minimum absolute atomic E-state index is 0.151. The molecule has 1 aliphatic heterocycles. The van der Waals surface area contributed by atoms with Crippen molar-refractivity contribution in [1.29, 1.82) is 0 Å². The number of benzene rings is 2. The van der Waals surface area contributed by atoms with E-state index in [1.807, 2.05) is 24.3 Å². The van der Waals surface area contributed by atoms with E-state index in [0.29, 0.717) is 46.9 Å². The van der Waals surface area contributed by atoms with Crippen LogP contribution in [0, 0.1) is 5.92 Å². The summed E-state index contributed by atoms with van der Waals surface area (Å²) in [6, 6.07) is 12.7. The molecule has 8 heteroatoms. The first-order valence-corrected chi connectivity index (χ1v) is 15.4. The first-order valence-electron chi connectivity index (χ1n) is 13.7. The molecule has 1 amide bonds. The Morgan fingerprint density at radius 3 is 2.62 bits per heavy atom. The van der Waals surface area contributed by atoms with Gasteiger partial charge in [0, 0.05) is 24.3 Å². The van der Waals surface area contributed by atoms with E-state index in [4.69, 9.17) is 0 Å². The Morgan fingerprint density at radius 2 is 1.92 bits per heavy atom. The summed E-state index contributed by atoms with van der Waals surface area (Å²) < 4.78 is 26.6. The Bertz CT molecular complexity index is 1220. The fourth-order valence-corrected chi connectivity index (χ4v) is 6.47. The number of hydrogen-bond donors (Lipinski definition) is 3. The summed E-state index contributed by atoms with van der Waals surface area (Å²) in [5.74, 6) is 1.43. The van der Waals surface area contributed by atoms with Gasteiger partial charge in [-0.25, -0.2) is 8.42 Å². The lowest BCUT2D eigenvalue weighted by Crippen LogP contribution is -2.43. The van der Waals surface area contributed by atoms with E-state index in [1.54, 1.807) is 18.2 Å². The smallest absolute Gasteiger partial charge is 0.257 e. The molecule has 2 aliphatic rings. The van der Waals surface area contributed by atoms with E-state index in [9.17, 15) is 13.2 Å². The maximum absolute atomic E-state index is 13.3. The summed E-state index contributed by atoms with van der Waals surface area (Å²) in [5.41, 5.74) is 3.05. The molecule has 37 heavy (non-hydrogen) atoms. The lowest BCUT2D eigenvalue weighted by Gasteiger charge is -2.18. The van der Waals surface area contributed by atoms with Crippen LogP contribution in [0.25, 0.3) is 0 Å². The van der Waals surface area contributed by atoms with Gasteiger partial charge in [-0.15, -0.1) is 0 Å². The van der Waals surface area contributed by atoms with Gasteiger partial charge in [-0.2, -0.15) is 0 Å². The number of para-hydroxylation sites is 1. The van der Waals surface area contributed by atoms with E-state index in [-0.39, 0.29) is 11.7 Å². The van der Waals surface area contributed by atoms with Crippen molar-refractivity contribution in [2.45, 2.75) is 76.0 Å². The van der Waals surface area contributed by atoms with E-state index in [2.05, 4.69) is 34.8 Å². The zero-order valence-electron chi connectivity index (χ0n) is 22.1. The number of sulfone groups is 1. The number of hydrogen-bond acceptors (Lipinski definition) is 6. The maximum atomic E-state index is 13.3. The number of guanidine groups is 1. The number of carbonyl (C=O) groups is 1. The van der Waals surface area contributed by atoms with Crippen molar-refractivity contribution in [2.24, 2.45) is 10.9 Å². The summed E-state index contributed by atoms with van der Waals surface area (Å²) in [6.45, 7) is 5.87. The Hall–Kier alpha value is -2.87. The predicted octanol–water partition coefficient (Wildman–Crippen LogP) is 5.77. The van der Waals surface area contributed by atoms with Gasteiger partial charge in [0.2, 0.25) is 0 Å². The summed E-state index contributed by atoms with van der Waals surface area (Å²) in [4.78, 5) is 17.5. The average molecular weight is 525 g/mol. The van der Waals surface area contributed by atoms with Crippen LogP contribution in [0.5, 0.6) is 0 Å². The third-order valence-corrected chi connectivity index (χ3v) is 9.10. The normalized spacial score (nSPS) is 16.4. The van der Waals surface area contributed by atoms with Crippen LogP contribution >= 0.6 is 0 Å². The zero-order valence-corrected chi connectivity index (χ0v) is 22.9. The second-order valence-corrected chi connectivity index (χ2v) is 12.3. The Morgan fingerprint density at radius 1 is 1.11 bits per heavy atom. The molecule has 0 bridgehead atoms. The van der Waals surface area contributed by atoms with Crippen molar-refractivity contribution in [3.63, 3.8) is 0 Å². The topological polar surface area (TPSA) is 99.7 Å². The highest BCUT2D eigenvalue weighted by Gasteiger charge is 2.28. The van der Waals surface area contributed by atoms with Crippen LogP contribution < -0.4 is 16.0 Å². The standard InChI is InChI=1S/C29H40N4O3S/c1-3-9-21(4-2)10-7-19-37(35,36)27-12-6-5-11-26(27)32-25-16-15-23(20-24(25)22-13-14-22)28(34)33-29-30-17-8-18-31-29/h5-6,11-12,15-16,20-22,32H,3-4,7-10,13-14,17-19H2,1-2H3,(H2,30,31,33,34). The number of amides is 1. The van der Waals surface area contributed by atoms with Gasteiger partial charge in [0.05, 0.1) is 16.3 Å². The first-order chi connectivity index (χ1) is 17.9. The van der Waals surface area contributed by atoms with Crippen LogP contribution in [0.15, 0.2) is 52.4 Å². The molecule has 1 heterocycles. The zero-order chi connectivity index (χ0) is 26.3. The fourth-order valence-electron chi connectivity index (χ4n) is 4.96. The Labute approximate surface area is 221 Å². The molecule has 4 rings (SSSR count).